The molecule has 0 bridgehead atoms. The normalized spacial score (nSPS) is 7.00. The van der Waals surface area contributed by atoms with E-state index in [0.717, 1.165) is 0 Å². The van der Waals surface area contributed by atoms with E-state index in [0.29, 0.717) is 0 Å². The summed E-state index contributed by atoms with van der Waals surface area (Å²) in [4.78, 5) is 0. The molecule has 0 saturated carbocycles. The van der Waals surface area contributed by atoms with Gasteiger partial charge < -0.3 is 0 Å². The van der Waals surface area contributed by atoms with Gasteiger partial charge in [-0.05, 0) is 0 Å². The van der Waals surface area contributed by atoms with Crippen LogP contribution in [0.4, 0.5) is 0 Å². The summed E-state index contributed by atoms with van der Waals surface area (Å²) in [6.45, 7) is 0. The van der Waals surface area contributed by atoms with Crippen LogP contribution in [0.15, 0.2) is 0 Å². The zero-order valence-electron chi connectivity index (χ0n) is 2.21. The van der Waals surface area contributed by atoms with Crippen LogP contribution in [0, 0.1) is 0 Å². The van der Waals surface area contributed by atoms with Gasteiger partial charge in [0.2, 0.25) is 0 Å². The van der Waals surface area contributed by atoms with E-state index in [1.807, 2.05) is 0 Å². The standard InChI is InChI=1S/Ge.H2O3S/c;1-4(2)3/h;(H2,1,2,3). The average molecular weight is 155 g/mol. The van der Waals surface area contributed by atoms with Crippen molar-refractivity contribution in [2.24, 2.45) is 0 Å². The summed E-state index contributed by atoms with van der Waals surface area (Å²) in [5.74, 6) is 0. The van der Waals surface area contributed by atoms with Crippen molar-refractivity contribution in [2.45, 2.75) is 0 Å². The number of hydrogen-bond acceptors (Lipinski definition) is 1. The van der Waals surface area contributed by atoms with Gasteiger partial charge in [-0.3, -0.25) is 9.11 Å². The molecule has 0 aromatic rings. The number of rotatable bonds is 0. The smallest absolute Gasteiger partial charge is 0.284 e. The zero-order valence-corrected chi connectivity index (χ0v) is 5.13. The Morgan fingerprint density at radius 1 is 1.40 bits per heavy atom. The van der Waals surface area contributed by atoms with E-state index in [-0.39, 0.29) is 17.6 Å². The zero-order chi connectivity index (χ0) is 3.58. The third-order valence-corrected chi connectivity index (χ3v) is 0. The van der Waals surface area contributed by atoms with Crippen LogP contribution in [0.3, 0.4) is 0 Å². The minimum Gasteiger partial charge on any atom is -0.284 e. The summed E-state index contributed by atoms with van der Waals surface area (Å²) in [6, 6.07) is 0. The molecular weight excluding hydrogens is 153 g/mol. The molecule has 30 valence electrons. The third-order valence-electron chi connectivity index (χ3n) is 0. The molecule has 0 saturated heterocycles. The molecule has 0 amide bonds. The Morgan fingerprint density at radius 2 is 1.40 bits per heavy atom. The molecule has 0 fully saturated rings. The summed E-state index contributed by atoms with van der Waals surface area (Å²) in [5.41, 5.74) is 0. The molecule has 5 heteroatoms. The van der Waals surface area contributed by atoms with E-state index in [9.17, 15) is 0 Å². The van der Waals surface area contributed by atoms with Crippen molar-refractivity contribution >= 4 is 29.0 Å². The molecule has 0 heterocycles. The fourth-order valence-corrected chi connectivity index (χ4v) is 0. The van der Waals surface area contributed by atoms with E-state index in [2.05, 4.69) is 0 Å². The van der Waals surface area contributed by atoms with Crippen molar-refractivity contribution in [1.29, 1.82) is 0 Å². The summed E-state index contributed by atoms with van der Waals surface area (Å²) in [5, 5.41) is 0. The largest absolute Gasteiger partial charge is 0.299 e. The van der Waals surface area contributed by atoms with Crippen LogP contribution in [0.5, 0.6) is 0 Å². The van der Waals surface area contributed by atoms with Crippen molar-refractivity contribution in [2.75, 3.05) is 0 Å². The van der Waals surface area contributed by atoms with E-state index >= 15 is 0 Å². The molecule has 0 aliphatic carbocycles. The molecule has 0 rings (SSSR count). The van der Waals surface area contributed by atoms with Gasteiger partial charge in [0, 0.05) is 17.6 Å². The third kappa shape index (κ3) is 83.8. The predicted molar refractivity (Wildman–Crippen MR) is 19.2 cm³/mol. The summed E-state index contributed by atoms with van der Waals surface area (Å²) in [7, 11) is 0. The molecular formula is H2GeO3S. The van der Waals surface area contributed by atoms with E-state index < -0.39 is 11.4 Å². The van der Waals surface area contributed by atoms with Gasteiger partial charge in [0.1, 0.15) is 0 Å². The molecule has 5 heavy (non-hydrogen) atoms. The van der Waals surface area contributed by atoms with Crippen molar-refractivity contribution in [1.82, 2.24) is 0 Å². The molecule has 3 nitrogen and oxygen atoms in total. The second kappa shape index (κ2) is 4.61. The van der Waals surface area contributed by atoms with Crippen molar-refractivity contribution in [3.63, 3.8) is 0 Å². The number of hydrogen-bond donors (Lipinski definition) is 2. The van der Waals surface area contributed by atoms with Crippen LogP contribution in [0.1, 0.15) is 0 Å². The van der Waals surface area contributed by atoms with Crippen LogP contribution in [0.2, 0.25) is 0 Å². The van der Waals surface area contributed by atoms with Crippen LogP contribution in [-0.2, 0) is 11.4 Å². The van der Waals surface area contributed by atoms with Crippen LogP contribution >= 0.6 is 0 Å². The van der Waals surface area contributed by atoms with Gasteiger partial charge in [-0.15, -0.1) is 0 Å². The second-order valence-electron chi connectivity index (χ2n) is 0.231. The maximum absolute atomic E-state index is 8.67. The van der Waals surface area contributed by atoms with E-state index in [4.69, 9.17) is 13.3 Å². The Morgan fingerprint density at radius 3 is 1.40 bits per heavy atom. The first-order valence-corrected chi connectivity index (χ1v) is 1.60. The first-order chi connectivity index (χ1) is 1.73. The maximum Gasteiger partial charge on any atom is 0.299 e. The van der Waals surface area contributed by atoms with Crippen LogP contribution < -0.4 is 0 Å². The van der Waals surface area contributed by atoms with E-state index in [1.165, 1.54) is 0 Å². The Labute approximate surface area is 42.9 Å². The predicted octanol–water partition coefficient (Wildman–Crippen LogP) is -0.700. The van der Waals surface area contributed by atoms with Gasteiger partial charge in [0.15, 0.2) is 0 Å². The van der Waals surface area contributed by atoms with Gasteiger partial charge in [0.25, 0.3) is 11.4 Å². The first kappa shape index (κ1) is 9.15. The second-order valence-corrected chi connectivity index (χ2v) is 0.692. The first-order valence-electron chi connectivity index (χ1n) is 0.532. The fraction of sp³-hybridized carbons (Fsp3) is 0. The SMILES string of the molecule is O=S(O)O.[Ge]. The molecule has 4 radical (unpaired) electrons. The van der Waals surface area contributed by atoms with Crippen molar-refractivity contribution in [3.05, 3.63) is 0 Å². The fourth-order valence-electron chi connectivity index (χ4n) is 0. The summed E-state index contributed by atoms with van der Waals surface area (Å²) < 4.78 is 22.8. The topological polar surface area (TPSA) is 57.5 Å². The minimum absolute atomic E-state index is 0. The minimum atomic E-state index is -2.61. The molecule has 0 aliphatic heterocycles. The van der Waals surface area contributed by atoms with Gasteiger partial charge in [-0.2, -0.15) is 4.21 Å². The summed E-state index contributed by atoms with van der Waals surface area (Å²) in [6.07, 6.45) is 0. The Bertz CT molecular complexity index is 29.9. The molecule has 0 aromatic carbocycles. The maximum atomic E-state index is 8.67. The molecule has 0 aliphatic rings. The van der Waals surface area contributed by atoms with Crippen molar-refractivity contribution in [3.8, 4) is 0 Å². The Balaban J connectivity index is 0. The molecule has 0 unspecified atom stereocenters. The quantitative estimate of drug-likeness (QED) is 0.359. The van der Waals surface area contributed by atoms with E-state index in [1.54, 1.807) is 0 Å². The van der Waals surface area contributed by atoms with Crippen molar-refractivity contribution < 1.29 is 13.3 Å². The Kier molecular flexibility index (Phi) is 8.44. The average Bonchev–Trinajstić information content (AvgIpc) is 0.811. The van der Waals surface area contributed by atoms with Gasteiger partial charge in [0.05, 0.1) is 0 Å². The van der Waals surface area contributed by atoms with Gasteiger partial charge in [-0.25, -0.2) is 0 Å². The van der Waals surface area contributed by atoms with Crippen LogP contribution in [0.25, 0.3) is 0 Å². The van der Waals surface area contributed by atoms with Gasteiger partial charge in [-0.1, -0.05) is 0 Å². The molecule has 0 atom stereocenters. The molecule has 2 N–H and O–H groups in total. The Hall–Kier alpha value is 0.613. The molecule has 0 spiro atoms. The van der Waals surface area contributed by atoms with Crippen LogP contribution in [-0.4, -0.2) is 30.9 Å². The van der Waals surface area contributed by atoms with Gasteiger partial charge >= 0.3 is 0 Å². The molecule has 0 aromatic heterocycles. The summed E-state index contributed by atoms with van der Waals surface area (Å²) >= 11 is -2.61. The monoisotopic (exact) mass is 156 g/mol.